The SMILES string of the molecule is CNC(C)c1ccccc1SCc1ccccc1. The Labute approximate surface area is 114 Å². The summed E-state index contributed by atoms with van der Waals surface area (Å²) >= 11 is 1.90. The van der Waals surface area contributed by atoms with Crippen molar-refractivity contribution in [3.8, 4) is 0 Å². The topological polar surface area (TPSA) is 12.0 Å². The molecular weight excluding hydrogens is 238 g/mol. The number of benzene rings is 2. The molecule has 2 rings (SSSR count). The highest BCUT2D eigenvalue weighted by molar-refractivity contribution is 7.98. The van der Waals surface area contributed by atoms with Crippen LogP contribution in [0.25, 0.3) is 0 Å². The van der Waals surface area contributed by atoms with E-state index in [4.69, 9.17) is 0 Å². The van der Waals surface area contributed by atoms with Gasteiger partial charge in [-0.1, -0.05) is 48.5 Å². The van der Waals surface area contributed by atoms with Crippen molar-refractivity contribution in [3.63, 3.8) is 0 Å². The lowest BCUT2D eigenvalue weighted by atomic mass is 10.1. The molecule has 0 aliphatic rings. The normalized spacial score (nSPS) is 12.3. The van der Waals surface area contributed by atoms with E-state index in [0.29, 0.717) is 6.04 Å². The molecular formula is C16H19NS. The van der Waals surface area contributed by atoms with Gasteiger partial charge in [0, 0.05) is 16.7 Å². The molecule has 0 fully saturated rings. The third-order valence-corrected chi connectivity index (χ3v) is 4.22. The van der Waals surface area contributed by atoms with Crippen LogP contribution in [-0.2, 0) is 5.75 Å². The summed E-state index contributed by atoms with van der Waals surface area (Å²) in [5.74, 6) is 1.02. The largest absolute Gasteiger partial charge is 0.313 e. The fraction of sp³-hybridized carbons (Fsp3) is 0.250. The van der Waals surface area contributed by atoms with Crippen molar-refractivity contribution in [1.29, 1.82) is 0 Å². The third-order valence-electron chi connectivity index (χ3n) is 3.06. The van der Waals surface area contributed by atoms with Gasteiger partial charge in [0.2, 0.25) is 0 Å². The van der Waals surface area contributed by atoms with Crippen LogP contribution in [0.4, 0.5) is 0 Å². The molecule has 0 amide bonds. The van der Waals surface area contributed by atoms with E-state index in [1.165, 1.54) is 16.0 Å². The van der Waals surface area contributed by atoms with E-state index in [0.717, 1.165) is 5.75 Å². The van der Waals surface area contributed by atoms with Gasteiger partial charge in [-0.2, -0.15) is 0 Å². The standard InChI is InChI=1S/C16H19NS/c1-13(17-2)15-10-6-7-11-16(15)18-12-14-8-4-3-5-9-14/h3-11,13,17H,12H2,1-2H3. The van der Waals surface area contributed by atoms with Crippen LogP contribution >= 0.6 is 11.8 Å². The van der Waals surface area contributed by atoms with Crippen molar-refractivity contribution < 1.29 is 0 Å². The molecule has 0 heterocycles. The van der Waals surface area contributed by atoms with Gasteiger partial charge in [-0.05, 0) is 31.2 Å². The molecule has 18 heavy (non-hydrogen) atoms. The second-order valence-corrected chi connectivity index (χ2v) is 5.34. The summed E-state index contributed by atoms with van der Waals surface area (Å²) in [6.45, 7) is 2.20. The van der Waals surface area contributed by atoms with Gasteiger partial charge in [-0.3, -0.25) is 0 Å². The lowest BCUT2D eigenvalue weighted by molar-refractivity contribution is 0.641. The van der Waals surface area contributed by atoms with Crippen LogP contribution in [0.3, 0.4) is 0 Å². The molecule has 0 saturated heterocycles. The Balaban J connectivity index is 2.10. The van der Waals surface area contributed by atoms with Crippen molar-refractivity contribution in [2.24, 2.45) is 0 Å². The maximum absolute atomic E-state index is 3.31. The van der Waals surface area contributed by atoms with Gasteiger partial charge in [-0.25, -0.2) is 0 Å². The zero-order chi connectivity index (χ0) is 12.8. The Kier molecular flexibility index (Phi) is 4.85. The molecule has 0 aliphatic carbocycles. The van der Waals surface area contributed by atoms with Crippen molar-refractivity contribution in [3.05, 3.63) is 65.7 Å². The Morgan fingerprint density at radius 3 is 2.39 bits per heavy atom. The van der Waals surface area contributed by atoms with E-state index in [1.807, 2.05) is 18.8 Å². The van der Waals surface area contributed by atoms with Gasteiger partial charge >= 0.3 is 0 Å². The van der Waals surface area contributed by atoms with Gasteiger partial charge in [0.15, 0.2) is 0 Å². The number of hydrogen-bond donors (Lipinski definition) is 1. The van der Waals surface area contributed by atoms with E-state index in [9.17, 15) is 0 Å². The summed E-state index contributed by atoms with van der Waals surface area (Å²) in [6, 6.07) is 19.6. The molecule has 2 heteroatoms. The fourth-order valence-electron chi connectivity index (χ4n) is 1.86. The predicted molar refractivity (Wildman–Crippen MR) is 79.9 cm³/mol. The summed E-state index contributed by atoms with van der Waals surface area (Å²) in [6.07, 6.45) is 0. The quantitative estimate of drug-likeness (QED) is 0.803. The van der Waals surface area contributed by atoms with Crippen molar-refractivity contribution in [1.82, 2.24) is 5.32 Å². The summed E-state index contributed by atoms with van der Waals surface area (Å²) in [5.41, 5.74) is 2.75. The Morgan fingerprint density at radius 1 is 1.00 bits per heavy atom. The van der Waals surface area contributed by atoms with Crippen LogP contribution in [0.15, 0.2) is 59.5 Å². The number of hydrogen-bond acceptors (Lipinski definition) is 2. The molecule has 0 saturated carbocycles. The first-order valence-electron chi connectivity index (χ1n) is 6.24. The maximum atomic E-state index is 3.31. The van der Waals surface area contributed by atoms with Crippen LogP contribution < -0.4 is 5.32 Å². The van der Waals surface area contributed by atoms with Crippen LogP contribution in [0.5, 0.6) is 0 Å². The minimum absolute atomic E-state index is 0.393. The zero-order valence-corrected chi connectivity index (χ0v) is 11.7. The fourth-order valence-corrected chi connectivity index (χ4v) is 2.96. The smallest absolute Gasteiger partial charge is 0.0300 e. The highest BCUT2D eigenvalue weighted by Gasteiger charge is 2.08. The average Bonchev–Trinajstić information content (AvgIpc) is 2.45. The number of thioether (sulfide) groups is 1. The minimum Gasteiger partial charge on any atom is -0.313 e. The molecule has 1 nitrogen and oxygen atoms in total. The Bertz CT molecular complexity index is 481. The number of rotatable bonds is 5. The van der Waals surface area contributed by atoms with E-state index in [-0.39, 0.29) is 0 Å². The molecule has 1 N–H and O–H groups in total. The monoisotopic (exact) mass is 257 g/mol. The summed E-state index contributed by atoms with van der Waals surface area (Å²) in [5, 5.41) is 3.31. The summed E-state index contributed by atoms with van der Waals surface area (Å²) < 4.78 is 0. The van der Waals surface area contributed by atoms with Gasteiger partial charge in [-0.15, -0.1) is 11.8 Å². The molecule has 94 valence electrons. The molecule has 2 aromatic carbocycles. The second kappa shape index (κ2) is 6.62. The molecule has 1 unspecified atom stereocenters. The molecule has 0 bridgehead atoms. The molecule has 2 aromatic rings. The molecule has 0 aliphatic heterocycles. The lowest BCUT2D eigenvalue weighted by Gasteiger charge is -2.15. The van der Waals surface area contributed by atoms with Crippen molar-refractivity contribution in [2.75, 3.05) is 7.05 Å². The van der Waals surface area contributed by atoms with Gasteiger partial charge in [0.25, 0.3) is 0 Å². The van der Waals surface area contributed by atoms with Crippen LogP contribution in [0, 0.1) is 0 Å². The summed E-state index contributed by atoms with van der Waals surface area (Å²) in [4.78, 5) is 1.36. The molecule has 1 atom stereocenters. The molecule has 0 radical (unpaired) electrons. The Morgan fingerprint density at radius 2 is 1.67 bits per heavy atom. The zero-order valence-electron chi connectivity index (χ0n) is 10.9. The third kappa shape index (κ3) is 3.37. The van der Waals surface area contributed by atoms with Gasteiger partial charge in [0.1, 0.15) is 0 Å². The highest BCUT2D eigenvalue weighted by Crippen LogP contribution is 2.29. The first-order chi connectivity index (χ1) is 8.81. The van der Waals surface area contributed by atoms with Crippen LogP contribution in [0.2, 0.25) is 0 Å². The maximum Gasteiger partial charge on any atom is 0.0300 e. The first-order valence-corrected chi connectivity index (χ1v) is 7.22. The van der Waals surface area contributed by atoms with E-state index >= 15 is 0 Å². The first kappa shape index (κ1) is 13.2. The predicted octanol–water partition coefficient (Wildman–Crippen LogP) is 4.26. The van der Waals surface area contributed by atoms with E-state index in [2.05, 4.69) is 66.8 Å². The highest BCUT2D eigenvalue weighted by atomic mass is 32.2. The van der Waals surface area contributed by atoms with Gasteiger partial charge < -0.3 is 5.32 Å². The lowest BCUT2D eigenvalue weighted by Crippen LogP contribution is -2.13. The van der Waals surface area contributed by atoms with Gasteiger partial charge in [0.05, 0.1) is 0 Å². The van der Waals surface area contributed by atoms with E-state index in [1.54, 1.807) is 0 Å². The van der Waals surface area contributed by atoms with Crippen molar-refractivity contribution >= 4 is 11.8 Å². The summed E-state index contributed by atoms with van der Waals surface area (Å²) in [7, 11) is 2.00. The van der Waals surface area contributed by atoms with E-state index < -0.39 is 0 Å². The number of nitrogens with one attached hydrogen (secondary N) is 1. The molecule has 0 aromatic heterocycles. The second-order valence-electron chi connectivity index (χ2n) is 4.32. The van der Waals surface area contributed by atoms with Crippen LogP contribution in [-0.4, -0.2) is 7.05 Å². The molecule has 0 spiro atoms. The van der Waals surface area contributed by atoms with Crippen molar-refractivity contribution in [2.45, 2.75) is 23.6 Å². The van der Waals surface area contributed by atoms with Crippen LogP contribution in [0.1, 0.15) is 24.1 Å². The minimum atomic E-state index is 0.393. The Hall–Kier alpha value is -1.25. The average molecular weight is 257 g/mol.